The van der Waals surface area contributed by atoms with E-state index in [4.69, 9.17) is 9.47 Å². The van der Waals surface area contributed by atoms with Crippen LogP contribution in [-0.2, 0) is 9.53 Å². The minimum Gasteiger partial charge on any atom is -0.495 e. The molecule has 1 aromatic heterocycles. The second-order valence-corrected chi connectivity index (χ2v) is 8.06. The molecule has 0 radical (unpaired) electrons. The van der Waals surface area contributed by atoms with Crippen molar-refractivity contribution >= 4 is 34.0 Å². The summed E-state index contributed by atoms with van der Waals surface area (Å²) in [5.41, 5.74) is 1.73. The van der Waals surface area contributed by atoms with E-state index < -0.39 is 0 Å². The first-order valence-electron chi connectivity index (χ1n) is 10.1. The zero-order valence-corrected chi connectivity index (χ0v) is 18.4. The van der Waals surface area contributed by atoms with Gasteiger partial charge in [-0.1, -0.05) is 41.7 Å². The molecule has 1 fully saturated rings. The average molecular weight is 454 g/mol. The lowest BCUT2D eigenvalue weighted by molar-refractivity contribution is -0.118. The van der Waals surface area contributed by atoms with Gasteiger partial charge in [0.15, 0.2) is 0 Å². The van der Waals surface area contributed by atoms with Crippen LogP contribution in [0.4, 0.5) is 10.8 Å². The molecule has 1 aliphatic rings. The lowest BCUT2D eigenvalue weighted by Crippen LogP contribution is -2.41. The van der Waals surface area contributed by atoms with Gasteiger partial charge in [-0.15, -0.1) is 10.2 Å². The number of carbonyl (C=O) groups is 2. The lowest BCUT2D eigenvalue weighted by Gasteiger charge is -2.25. The summed E-state index contributed by atoms with van der Waals surface area (Å²) in [6.45, 7) is 2.89. The van der Waals surface area contributed by atoms with Crippen molar-refractivity contribution in [1.29, 1.82) is 0 Å². The van der Waals surface area contributed by atoms with E-state index in [2.05, 4.69) is 20.8 Å². The van der Waals surface area contributed by atoms with Gasteiger partial charge in [-0.3, -0.25) is 19.8 Å². The van der Waals surface area contributed by atoms with Gasteiger partial charge >= 0.3 is 0 Å². The van der Waals surface area contributed by atoms with Crippen LogP contribution in [0.3, 0.4) is 0 Å². The Bertz CT molecular complexity index is 1080. The Morgan fingerprint density at radius 1 is 1.09 bits per heavy atom. The normalized spacial score (nSPS) is 14.0. The molecule has 2 amide bonds. The van der Waals surface area contributed by atoms with Crippen LogP contribution in [0.25, 0.3) is 10.6 Å². The summed E-state index contributed by atoms with van der Waals surface area (Å²) in [4.78, 5) is 27.3. The highest BCUT2D eigenvalue weighted by atomic mass is 32.1. The number of morpholine rings is 1. The molecule has 0 atom stereocenters. The van der Waals surface area contributed by atoms with E-state index in [1.807, 2.05) is 35.2 Å². The van der Waals surface area contributed by atoms with Crippen molar-refractivity contribution in [3.8, 4) is 16.3 Å². The van der Waals surface area contributed by atoms with E-state index in [0.29, 0.717) is 53.4 Å². The number of hydrogen-bond donors (Lipinski definition) is 2. The van der Waals surface area contributed by atoms with E-state index in [1.54, 1.807) is 18.2 Å². The highest BCUT2D eigenvalue weighted by Crippen LogP contribution is 2.28. The summed E-state index contributed by atoms with van der Waals surface area (Å²) in [6.07, 6.45) is 0. The maximum Gasteiger partial charge on any atom is 0.257 e. The topological polar surface area (TPSA) is 106 Å². The van der Waals surface area contributed by atoms with Crippen molar-refractivity contribution in [2.45, 2.75) is 0 Å². The maximum atomic E-state index is 12.8. The van der Waals surface area contributed by atoms with Crippen LogP contribution in [0.15, 0.2) is 48.5 Å². The first-order valence-corrected chi connectivity index (χ1v) is 10.9. The number of rotatable bonds is 7. The number of nitrogens with zero attached hydrogens (tertiary/aromatic N) is 3. The van der Waals surface area contributed by atoms with E-state index >= 15 is 0 Å². The van der Waals surface area contributed by atoms with Gasteiger partial charge in [-0.25, -0.2) is 0 Å². The number of amides is 2. The number of nitrogens with one attached hydrogen (secondary N) is 2. The summed E-state index contributed by atoms with van der Waals surface area (Å²) in [5.74, 6) is -0.0642. The van der Waals surface area contributed by atoms with Gasteiger partial charge in [0.1, 0.15) is 10.8 Å². The van der Waals surface area contributed by atoms with Crippen molar-refractivity contribution in [2.75, 3.05) is 50.6 Å². The van der Waals surface area contributed by atoms with Crippen molar-refractivity contribution in [1.82, 2.24) is 15.1 Å². The Balaban J connectivity index is 1.43. The van der Waals surface area contributed by atoms with Crippen LogP contribution in [0.5, 0.6) is 5.75 Å². The molecule has 166 valence electrons. The van der Waals surface area contributed by atoms with Gasteiger partial charge in [0.25, 0.3) is 5.91 Å². The zero-order chi connectivity index (χ0) is 22.3. The largest absolute Gasteiger partial charge is 0.495 e. The Morgan fingerprint density at radius 3 is 2.62 bits per heavy atom. The third-order valence-electron chi connectivity index (χ3n) is 4.87. The molecule has 0 bridgehead atoms. The highest BCUT2D eigenvalue weighted by Gasteiger charge is 2.17. The Labute approximate surface area is 189 Å². The number of hydrogen-bond acceptors (Lipinski definition) is 8. The minimum atomic E-state index is -0.355. The van der Waals surface area contributed by atoms with Gasteiger partial charge in [0.2, 0.25) is 11.0 Å². The summed E-state index contributed by atoms with van der Waals surface area (Å²) >= 11 is 1.29. The van der Waals surface area contributed by atoms with E-state index in [-0.39, 0.29) is 18.4 Å². The molecule has 32 heavy (non-hydrogen) atoms. The fraction of sp³-hybridized carbons (Fsp3) is 0.273. The van der Waals surface area contributed by atoms with Crippen LogP contribution < -0.4 is 15.4 Å². The van der Waals surface area contributed by atoms with E-state index in [1.165, 1.54) is 18.4 Å². The van der Waals surface area contributed by atoms with Crippen LogP contribution in [0, 0.1) is 0 Å². The van der Waals surface area contributed by atoms with E-state index in [0.717, 1.165) is 5.56 Å². The highest BCUT2D eigenvalue weighted by molar-refractivity contribution is 7.18. The van der Waals surface area contributed by atoms with Crippen molar-refractivity contribution in [3.63, 3.8) is 0 Å². The minimum absolute atomic E-state index is 0.181. The molecule has 9 nitrogen and oxygen atoms in total. The second kappa shape index (κ2) is 10.3. The second-order valence-electron chi connectivity index (χ2n) is 7.08. The lowest BCUT2D eigenvalue weighted by atomic mass is 10.1. The monoisotopic (exact) mass is 453 g/mol. The molecule has 1 aliphatic heterocycles. The predicted octanol–water partition coefficient (Wildman–Crippen LogP) is 2.74. The first-order chi connectivity index (χ1) is 15.6. The number of aromatic nitrogens is 2. The van der Waals surface area contributed by atoms with Crippen molar-refractivity contribution in [3.05, 3.63) is 54.1 Å². The van der Waals surface area contributed by atoms with Gasteiger partial charge in [0, 0.05) is 24.2 Å². The fourth-order valence-electron chi connectivity index (χ4n) is 3.24. The summed E-state index contributed by atoms with van der Waals surface area (Å²) in [7, 11) is 1.51. The molecule has 0 unspecified atom stereocenters. The molecule has 1 saturated heterocycles. The zero-order valence-electron chi connectivity index (χ0n) is 17.5. The quantitative estimate of drug-likeness (QED) is 0.567. The predicted molar refractivity (Wildman–Crippen MR) is 122 cm³/mol. The number of ether oxygens (including phenoxy) is 2. The van der Waals surface area contributed by atoms with Gasteiger partial charge in [-0.05, 0) is 18.2 Å². The van der Waals surface area contributed by atoms with Crippen LogP contribution >= 0.6 is 11.3 Å². The smallest absolute Gasteiger partial charge is 0.257 e. The molecule has 0 spiro atoms. The average Bonchev–Trinajstić information content (AvgIpc) is 3.28. The third-order valence-corrected chi connectivity index (χ3v) is 5.76. The summed E-state index contributed by atoms with van der Waals surface area (Å²) in [6, 6.07) is 14.5. The van der Waals surface area contributed by atoms with Gasteiger partial charge < -0.3 is 14.8 Å². The number of carbonyl (C=O) groups excluding carboxylic acids is 2. The number of anilines is 2. The summed E-state index contributed by atoms with van der Waals surface area (Å²) in [5, 5.41) is 14.9. The Morgan fingerprint density at radius 2 is 1.88 bits per heavy atom. The van der Waals surface area contributed by atoms with Gasteiger partial charge in [0.05, 0.1) is 32.6 Å². The van der Waals surface area contributed by atoms with Crippen molar-refractivity contribution < 1.29 is 19.1 Å². The molecular formula is C22H23N5O4S. The van der Waals surface area contributed by atoms with Crippen LogP contribution in [0.2, 0.25) is 0 Å². The number of benzene rings is 2. The van der Waals surface area contributed by atoms with Gasteiger partial charge in [-0.2, -0.15) is 0 Å². The Hall–Kier alpha value is -3.34. The number of methoxy groups -OCH3 is 1. The molecule has 3 aromatic rings. The molecular weight excluding hydrogens is 430 g/mol. The third kappa shape index (κ3) is 5.47. The SMILES string of the molecule is COc1ccc(C(=O)Nc2nnc(-c3ccccc3)s2)cc1NC(=O)CN1CCOCC1. The fourth-order valence-corrected chi connectivity index (χ4v) is 3.98. The standard InChI is InChI=1S/C22H23N5O4S/c1-30-18-8-7-16(13-17(18)23-19(28)14-27-9-11-31-12-10-27)20(29)24-22-26-25-21(32-22)15-5-3-2-4-6-15/h2-8,13H,9-12,14H2,1H3,(H,23,28)(H,24,26,29). The molecule has 0 aliphatic carbocycles. The Kier molecular flexibility index (Phi) is 7.05. The molecule has 2 N–H and O–H groups in total. The van der Waals surface area contributed by atoms with Crippen LogP contribution in [-0.4, -0.2) is 66.9 Å². The summed E-state index contributed by atoms with van der Waals surface area (Å²) < 4.78 is 10.6. The molecule has 2 aromatic carbocycles. The van der Waals surface area contributed by atoms with Crippen LogP contribution in [0.1, 0.15) is 10.4 Å². The molecule has 4 rings (SSSR count). The van der Waals surface area contributed by atoms with E-state index in [9.17, 15) is 9.59 Å². The van der Waals surface area contributed by atoms with Crippen molar-refractivity contribution in [2.24, 2.45) is 0 Å². The molecule has 2 heterocycles. The molecule has 0 saturated carbocycles. The first kappa shape index (κ1) is 21.9. The molecule has 10 heteroatoms. The maximum absolute atomic E-state index is 12.8.